The van der Waals surface area contributed by atoms with Crippen molar-refractivity contribution in [2.45, 2.75) is 6.42 Å². The molecule has 0 N–H and O–H groups in total. The van der Waals surface area contributed by atoms with Crippen molar-refractivity contribution in [1.29, 1.82) is 0 Å². The summed E-state index contributed by atoms with van der Waals surface area (Å²) < 4.78 is 3.94. The van der Waals surface area contributed by atoms with Gasteiger partial charge in [0.2, 0.25) is 5.24 Å². The van der Waals surface area contributed by atoms with Gasteiger partial charge in [-0.3, -0.25) is 9.59 Å². The van der Waals surface area contributed by atoms with Crippen LogP contribution in [0.3, 0.4) is 0 Å². The van der Waals surface area contributed by atoms with Gasteiger partial charge in [-0.05, 0) is 11.6 Å². The van der Waals surface area contributed by atoms with E-state index in [4.69, 9.17) is 11.6 Å². The smallest absolute Gasteiger partial charge is 0.328 e. The van der Waals surface area contributed by atoms with Crippen molar-refractivity contribution in [3.8, 4) is 12.5 Å². The van der Waals surface area contributed by atoms with Crippen molar-refractivity contribution in [2.75, 3.05) is 0 Å². The van der Waals surface area contributed by atoms with Crippen LogP contribution in [-0.4, -0.2) is 11.2 Å². The molecule has 0 atom stereocenters. The summed E-state index contributed by atoms with van der Waals surface area (Å²) in [7, 11) is 0. The van der Waals surface area contributed by atoms with E-state index in [9.17, 15) is 9.59 Å². The fourth-order valence-electron chi connectivity index (χ4n) is 0.215. The van der Waals surface area contributed by atoms with Gasteiger partial charge in [0.05, 0.1) is 0 Å². The maximum absolute atomic E-state index is 10.2. The predicted octanol–water partition coefficient (Wildman–Crippen LogP) is 0.276. The van der Waals surface area contributed by atoms with Crippen LogP contribution in [0.2, 0.25) is 0 Å². The third kappa shape index (κ3) is 4.85. The summed E-state index contributed by atoms with van der Waals surface area (Å²) in [6.07, 6.45) is 5.69. The second-order valence-corrected chi connectivity index (χ2v) is 1.55. The molecule has 0 bridgehead atoms. The first kappa shape index (κ1) is 7.99. The molecule has 0 aliphatic heterocycles. The normalized spacial score (nSPS) is 7.56. The number of esters is 1. The van der Waals surface area contributed by atoms with Gasteiger partial charge in [0.15, 0.2) is 0 Å². The first-order valence-electron chi connectivity index (χ1n) is 2.00. The van der Waals surface area contributed by atoms with Crippen LogP contribution in [0.1, 0.15) is 6.42 Å². The number of carbonyl (C=O) groups excluding carboxylic acids is 2. The Labute approximate surface area is 56.9 Å². The summed E-state index contributed by atoms with van der Waals surface area (Å²) in [5.74, 6) is -0.808. The number of halogens is 1. The summed E-state index contributed by atoms with van der Waals surface area (Å²) in [5.41, 5.74) is 0. The van der Waals surface area contributed by atoms with Crippen LogP contribution in [0.25, 0.3) is 0 Å². The van der Waals surface area contributed by atoms with E-state index in [0.717, 1.165) is 0 Å². The standard InChI is InChI=1S/C5H3ClO3/c1-2-9-5(8)3-4(6)7/h1H,3H2. The van der Waals surface area contributed by atoms with Crippen LogP contribution in [0.5, 0.6) is 0 Å². The molecule has 48 valence electrons. The van der Waals surface area contributed by atoms with Crippen LogP contribution in [0.15, 0.2) is 0 Å². The van der Waals surface area contributed by atoms with E-state index in [-0.39, 0.29) is 0 Å². The lowest BCUT2D eigenvalue weighted by atomic mass is 10.5. The van der Waals surface area contributed by atoms with Crippen molar-refractivity contribution < 1.29 is 14.3 Å². The molecular formula is C5H3ClO3. The van der Waals surface area contributed by atoms with Gasteiger partial charge in [-0.15, -0.1) is 0 Å². The van der Waals surface area contributed by atoms with Crippen molar-refractivity contribution in [2.24, 2.45) is 0 Å². The molecule has 0 rings (SSSR count). The number of hydrogen-bond donors (Lipinski definition) is 0. The Morgan fingerprint density at radius 2 is 2.22 bits per heavy atom. The average Bonchev–Trinajstić information content (AvgIpc) is 1.63. The molecule has 9 heavy (non-hydrogen) atoms. The molecular weight excluding hydrogens is 144 g/mol. The number of rotatable bonds is 2. The Hall–Kier alpha value is -1.01. The fourth-order valence-corrected chi connectivity index (χ4v) is 0.324. The number of hydrogen-bond acceptors (Lipinski definition) is 3. The Bertz CT molecular complexity index is 168. The average molecular weight is 147 g/mol. The maximum Gasteiger partial charge on any atom is 0.328 e. The van der Waals surface area contributed by atoms with E-state index >= 15 is 0 Å². The van der Waals surface area contributed by atoms with Crippen LogP contribution in [0.4, 0.5) is 0 Å². The highest BCUT2D eigenvalue weighted by molar-refractivity contribution is 6.64. The van der Waals surface area contributed by atoms with Crippen LogP contribution in [-0.2, 0) is 14.3 Å². The Kier molecular flexibility index (Phi) is 3.49. The van der Waals surface area contributed by atoms with Crippen molar-refractivity contribution in [3.05, 3.63) is 0 Å². The minimum atomic E-state index is -0.808. The Morgan fingerprint density at radius 3 is 2.56 bits per heavy atom. The van der Waals surface area contributed by atoms with E-state index in [1.54, 1.807) is 6.11 Å². The molecule has 0 amide bonds. The van der Waals surface area contributed by atoms with Gasteiger partial charge in [0.25, 0.3) is 0 Å². The van der Waals surface area contributed by atoms with E-state index < -0.39 is 17.6 Å². The largest absolute Gasteiger partial charge is 0.372 e. The molecule has 0 aromatic rings. The monoisotopic (exact) mass is 146 g/mol. The molecule has 0 aliphatic rings. The minimum absolute atomic E-state index is 0.480. The first-order valence-corrected chi connectivity index (χ1v) is 2.38. The lowest BCUT2D eigenvalue weighted by molar-refractivity contribution is -0.138. The van der Waals surface area contributed by atoms with Gasteiger partial charge in [-0.25, -0.2) is 0 Å². The van der Waals surface area contributed by atoms with Gasteiger partial charge >= 0.3 is 5.97 Å². The van der Waals surface area contributed by atoms with Gasteiger partial charge in [-0.1, -0.05) is 6.42 Å². The topological polar surface area (TPSA) is 43.4 Å². The molecule has 0 spiro atoms. The molecule has 0 aliphatic carbocycles. The highest BCUT2D eigenvalue weighted by Gasteiger charge is 2.05. The van der Waals surface area contributed by atoms with Gasteiger partial charge in [0, 0.05) is 0 Å². The highest BCUT2D eigenvalue weighted by Crippen LogP contribution is 1.90. The third-order valence-electron chi connectivity index (χ3n) is 0.456. The zero-order valence-electron chi connectivity index (χ0n) is 4.39. The predicted molar refractivity (Wildman–Crippen MR) is 30.4 cm³/mol. The third-order valence-corrected chi connectivity index (χ3v) is 0.590. The summed E-state index contributed by atoms with van der Waals surface area (Å²) in [4.78, 5) is 20.1. The number of ether oxygens (including phenoxy) is 1. The van der Waals surface area contributed by atoms with Gasteiger partial charge < -0.3 is 4.74 Å². The van der Waals surface area contributed by atoms with Crippen molar-refractivity contribution in [1.82, 2.24) is 0 Å². The number of terminal acetylenes is 1. The van der Waals surface area contributed by atoms with Crippen LogP contribution in [0, 0.1) is 12.5 Å². The van der Waals surface area contributed by atoms with E-state index in [1.165, 1.54) is 0 Å². The summed E-state index contributed by atoms with van der Waals surface area (Å²) in [6.45, 7) is 0. The van der Waals surface area contributed by atoms with E-state index in [1.807, 2.05) is 0 Å². The second-order valence-electron chi connectivity index (χ2n) is 1.12. The minimum Gasteiger partial charge on any atom is -0.372 e. The van der Waals surface area contributed by atoms with E-state index in [2.05, 4.69) is 11.2 Å². The molecule has 0 aromatic heterocycles. The van der Waals surface area contributed by atoms with Crippen molar-refractivity contribution >= 4 is 22.8 Å². The second kappa shape index (κ2) is 3.93. The number of carbonyl (C=O) groups is 2. The molecule has 0 heterocycles. The summed E-state index contributed by atoms with van der Waals surface area (Å²) in [5, 5.41) is -0.782. The first-order chi connectivity index (χ1) is 4.16. The molecule has 0 fully saturated rings. The molecule has 3 nitrogen and oxygen atoms in total. The molecule has 0 unspecified atom stereocenters. The zero-order chi connectivity index (χ0) is 7.28. The Balaban J connectivity index is 3.54. The highest BCUT2D eigenvalue weighted by atomic mass is 35.5. The van der Waals surface area contributed by atoms with Gasteiger partial charge in [0.1, 0.15) is 12.5 Å². The molecule has 0 radical (unpaired) electrons. The summed E-state index contributed by atoms with van der Waals surface area (Å²) in [6, 6.07) is 0. The lowest BCUT2D eigenvalue weighted by Gasteiger charge is -1.87. The van der Waals surface area contributed by atoms with Crippen molar-refractivity contribution in [3.63, 3.8) is 0 Å². The lowest BCUT2D eigenvalue weighted by Crippen LogP contribution is -2.03. The van der Waals surface area contributed by atoms with Crippen LogP contribution >= 0.6 is 11.6 Å². The molecule has 0 saturated heterocycles. The maximum atomic E-state index is 10.2. The van der Waals surface area contributed by atoms with Gasteiger partial charge in [-0.2, -0.15) is 0 Å². The molecule has 0 saturated carbocycles. The Morgan fingerprint density at radius 1 is 1.67 bits per heavy atom. The molecule has 4 heteroatoms. The summed E-state index contributed by atoms with van der Waals surface area (Å²) >= 11 is 4.80. The quantitative estimate of drug-likeness (QED) is 0.243. The van der Waals surface area contributed by atoms with E-state index in [0.29, 0.717) is 0 Å². The zero-order valence-corrected chi connectivity index (χ0v) is 5.14. The van der Waals surface area contributed by atoms with Crippen LogP contribution < -0.4 is 0 Å². The fraction of sp³-hybridized carbons (Fsp3) is 0.200. The SMILES string of the molecule is C#COC(=O)CC(=O)Cl. The molecule has 0 aromatic carbocycles.